The molecule has 4 rings (SSSR count). The van der Waals surface area contributed by atoms with Crippen LogP contribution in [0.15, 0.2) is 54.6 Å². The molecule has 1 unspecified atom stereocenters. The van der Waals surface area contributed by atoms with Crippen LogP contribution < -0.4 is 9.64 Å². The van der Waals surface area contributed by atoms with Crippen LogP contribution in [0.25, 0.3) is 0 Å². The van der Waals surface area contributed by atoms with Gasteiger partial charge >= 0.3 is 0 Å². The number of methoxy groups -OCH3 is 1. The van der Waals surface area contributed by atoms with Gasteiger partial charge in [0, 0.05) is 38.3 Å². The van der Waals surface area contributed by atoms with E-state index in [1.807, 2.05) is 59.5 Å². The van der Waals surface area contributed by atoms with Crippen LogP contribution in [0.3, 0.4) is 0 Å². The summed E-state index contributed by atoms with van der Waals surface area (Å²) >= 11 is 6.75. The van der Waals surface area contributed by atoms with E-state index in [2.05, 4.69) is 4.90 Å². The van der Waals surface area contributed by atoms with Gasteiger partial charge in [-0.3, -0.25) is 14.5 Å². The molecule has 0 saturated carbocycles. The maximum absolute atomic E-state index is 12.9. The lowest BCUT2D eigenvalue weighted by Crippen LogP contribution is -2.49. The van der Waals surface area contributed by atoms with Crippen molar-refractivity contribution in [3.63, 3.8) is 0 Å². The molecule has 0 spiro atoms. The van der Waals surface area contributed by atoms with Crippen molar-refractivity contribution < 1.29 is 14.3 Å². The first-order valence-corrected chi connectivity index (χ1v) is 11.6. The second kappa shape index (κ2) is 9.70. The fraction of sp³-hybridized carbons (Fsp3) is 0.348. The largest absolute Gasteiger partial charge is 0.497 e. The van der Waals surface area contributed by atoms with Crippen molar-refractivity contribution in [1.82, 2.24) is 9.80 Å². The molecule has 2 heterocycles. The maximum atomic E-state index is 12.9. The fourth-order valence-corrected chi connectivity index (χ4v) is 5.31. The van der Waals surface area contributed by atoms with E-state index in [-0.39, 0.29) is 18.2 Å². The molecule has 1 atom stereocenters. The zero-order valence-corrected chi connectivity index (χ0v) is 19.0. The predicted molar refractivity (Wildman–Crippen MR) is 127 cm³/mol. The summed E-state index contributed by atoms with van der Waals surface area (Å²) in [6, 6.07) is 17.7. The summed E-state index contributed by atoms with van der Waals surface area (Å²) in [5.74, 6) is 0.782. The summed E-state index contributed by atoms with van der Waals surface area (Å²) in [7, 11) is 1.65. The second-order valence-corrected chi connectivity index (χ2v) is 9.39. The maximum Gasteiger partial charge on any atom is 0.242 e. The molecule has 2 fully saturated rings. The van der Waals surface area contributed by atoms with Crippen molar-refractivity contribution in [1.29, 1.82) is 0 Å². The number of piperazine rings is 1. The SMILES string of the molecule is COc1ccc(N2CCN(C(=O)CC3SC(=S)N(Cc4ccccc4)C3=O)CC2)cc1. The van der Waals surface area contributed by atoms with Gasteiger partial charge < -0.3 is 14.5 Å². The van der Waals surface area contributed by atoms with Gasteiger partial charge in [-0.1, -0.05) is 54.3 Å². The third-order valence-corrected chi connectivity index (χ3v) is 7.20. The van der Waals surface area contributed by atoms with E-state index in [9.17, 15) is 9.59 Å². The summed E-state index contributed by atoms with van der Waals surface area (Å²) in [6.07, 6.45) is 0.192. The van der Waals surface area contributed by atoms with Crippen molar-refractivity contribution in [2.75, 3.05) is 38.2 Å². The third kappa shape index (κ3) is 5.02. The number of nitrogens with zero attached hydrogens (tertiary/aromatic N) is 3. The lowest BCUT2D eigenvalue weighted by atomic mass is 10.2. The molecule has 8 heteroatoms. The molecule has 6 nitrogen and oxygen atoms in total. The Balaban J connectivity index is 1.29. The smallest absolute Gasteiger partial charge is 0.242 e. The van der Waals surface area contributed by atoms with Crippen LogP contribution in [0, 0.1) is 0 Å². The number of anilines is 1. The average Bonchev–Trinajstić information content (AvgIpc) is 3.07. The quantitative estimate of drug-likeness (QED) is 0.624. The Kier molecular flexibility index (Phi) is 6.77. The van der Waals surface area contributed by atoms with Crippen molar-refractivity contribution in [2.24, 2.45) is 0 Å². The van der Waals surface area contributed by atoms with E-state index < -0.39 is 5.25 Å². The van der Waals surface area contributed by atoms with Gasteiger partial charge in [-0.25, -0.2) is 0 Å². The summed E-state index contributed by atoms with van der Waals surface area (Å²) < 4.78 is 5.76. The molecule has 2 aromatic rings. The Morgan fingerprint density at radius 2 is 1.74 bits per heavy atom. The Labute approximate surface area is 192 Å². The van der Waals surface area contributed by atoms with Crippen molar-refractivity contribution in [3.05, 3.63) is 60.2 Å². The van der Waals surface area contributed by atoms with E-state index in [1.165, 1.54) is 11.8 Å². The molecule has 31 heavy (non-hydrogen) atoms. The predicted octanol–water partition coefficient (Wildman–Crippen LogP) is 3.16. The monoisotopic (exact) mass is 455 g/mol. The number of benzene rings is 2. The Morgan fingerprint density at radius 1 is 1.06 bits per heavy atom. The van der Waals surface area contributed by atoms with Crippen LogP contribution in [-0.4, -0.2) is 64.5 Å². The highest BCUT2D eigenvalue weighted by molar-refractivity contribution is 8.24. The molecule has 2 aliphatic rings. The van der Waals surface area contributed by atoms with Gasteiger partial charge in [-0.2, -0.15) is 0 Å². The van der Waals surface area contributed by atoms with E-state index in [0.717, 1.165) is 30.1 Å². The topological polar surface area (TPSA) is 53.1 Å². The van der Waals surface area contributed by atoms with Gasteiger partial charge in [0.2, 0.25) is 11.8 Å². The highest BCUT2D eigenvalue weighted by atomic mass is 32.2. The Bertz CT molecular complexity index is 944. The molecule has 2 amide bonds. The average molecular weight is 456 g/mol. The first-order valence-electron chi connectivity index (χ1n) is 10.3. The van der Waals surface area contributed by atoms with E-state index >= 15 is 0 Å². The number of rotatable bonds is 6. The van der Waals surface area contributed by atoms with Gasteiger partial charge in [0.15, 0.2) is 0 Å². The minimum absolute atomic E-state index is 0.0181. The van der Waals surface area contributed by atoms with Crippen LogP contribution in [0.4, 0.5) is 5.69 Å². The summed E-state index contributed by atoms with van der Waals surface area (Å²) in [5.41, 5.74) is 2.15. The molecule has 0 N–H and O–H groups in total. The number of thioether (sulfide) groups is 1. The van der Waals surface area contributed by atoms with Gasteiger partial charge in [-0.05, 0) is 29.8 Å². The Morgan fingerprint density at radius 3 is 2.39 bits per heavy atom. The van der Waals surface area contributed by atoms with Crippen LogP contribution >= 0.6 is 24.0 Å². The van der Waals surface area contributed by atoms with E-state index in [4.69, 9.17) is 17.0 Å². The zero-order chi connectivity index (χ0) is 21.8. The number of carbonyl (C=O) groups is 2. The van der Waals surface area contributed by atoms with Gasteiger partial charge in [0.25, 0.3) is 0 Å². The zero-order valence-electron chi connectivity index (χ0n) is 17.4. The van der Waals surface area contributed by atoms with Crippen molar-refractivity contribution in [2.45, 2.75) is 18.2 Å². The third-order valence-electron chi connectivity index (χ3n) is 5.62. The van der Waals surface area contributed by atoms with Crippen LogP contribution in [0.2, 0.25) is 0 Å². The number of carbonyl (C=O) groups excluding carboxylic acids is 2. The number of thiocarbonyl (C=S) groups is 1. The number of hydrogen-bond donors (Lipinski definition) is 0. The molecule has 2 saturated heterocycles. The normalized spacial score (nSPS) is 19.1. The highest BCUT2D eigenvalue weighted by Gasteiger charge is 2.39. The summed E-state index contributed by atoms with van der Waals surface area (Å²) in [4.78, 5) is 31.5. The summed E-state index contributed by atoms with van der Waals surface area (Å²) in [6.45, 7) is 3.28. The van der Waals surface area contributed by atoms with Gasteiger partial charge in [0.1, 0.15) is 10.1 Å². The minimum Gasteiger partial charge on any atom is -0.497 e. The Hall–Kier alpha value is -2.58. The number of hydrogen-bond acceptors (Lipinski definition) is 6. The lowest BCUT2D eigenvalue weighted by Gasteiger charge is -2.36. The second-order valence-electron chi connectivity index (χ2n) is 7.55. The molecule has 2 aromatic carbocycles. The van der Waals surface area contributed by atoms with Crippen LogP contribution in [-0.2, 0) is 16.1 Å². The standard InChI is InChI=1S/C23H25N3O3S2/c1-29-19-9-7-18(8-10-19)24-11-13-25(14-12-24)21(27)15-20-22(28)26(23(30)31-20)16-17-5-3-2-4-6-17/h2-10,20H,11-16H2,1H3. The first kappa shape index (κ1) is 21.6. The van der Waals surface area contributed by atoms with Crippen molar-refractivity contribution in [3.8, 4) is 5.75 Å². The minimum atomic E-state index is -0.427. The molecular weight excluding hydrogens is 430 g/mol. The lowest BCUT2D eigenvalue weighted by molar-refractivity contribution is -0.134. The molecule has 0 aliphatic carbocycles. The fourth-order valence-electron chi connectivity index (χ4n) is 3.83. The molecule has 0 radical (unpaired) electrons. The number of ether oxygens (including phenoxy) is 1. The van der Waals surface area contributed by atoms with Crippen LogP contribution in [0.1, 0.15) is 12.0 Å². The number of amides is 2. The van der Waals surface area contributed by atoms with E-state index in [0.29, 0.717) is 24.0 Å². The first-order chi connectivity index (χ1) is 15.0. The van der Waals surface area contributed by atoms with Crippen LogP contribution in [0.5, 0.6) is 5.75 Å². The molecular formula is C23H25N3O3S2. The van der Waals surface area contributed by atoms with E-state index in [1.54, 1.807) is 12.0 Å². The van der Waals surface area contributed by atoms with Gasteiger partial charge in [0.05, 0.1) is 18.9 Å². The highest BCUT2D eigenvalue weighted by Crippen LogP contribution is 2.31. The molecule has 2 aliphatic heterocycles. The van der Waals surface area contributed by atoms with Crippen molar-refractivity contribution >= 4 is 45.8 Å². The summed E-state index contributed by atoms with van der Waals surface area (Å²) in [5, 5.41) is -0.427. The molecule has 0 aromatic heterocycles. The van der Waals surface area contributed by atoms with Gasteiger partial charge in [-0.15, -0.1) is 0 Å². The molecule has 0 bridgehead atoms. The molecule has 162 valence electrons.